The molecule has 0 aliphatic carbocycles. The van der Waals surface area contributed by atoms with Crippen molar-refractivity contribution in [2.24, 2.45) is 11.3 Å². The average molecular weight is 371 g/mol. The van der Waals surface area contributed by atoms with Crippen molar-refractivity contribution >= 4 is 11.9 Å². The predicted molar refractivity (Wildman–Crippen MR) is 102 cm³/mol. The first-order chi connectivity index (χ1) is 13.2. The van der Waals surface area contributed by atoms with Crippen LogP contribution in [0.15, 0.2) is 30.3 Å². The number of likely N-dealkylation sites (tertiary alicyclic amines) is 2. The van der Waals surface area contributed by atoms with Crippen molar-refractivity contribution in [1.82, 2.24) is 15.1 Å². The normalized spacial score (nSPS) is 24.4. The Balaban J connectivity index is 1.44. The van der Waals surface area contributed by atoms with E-state index in [4.69, 9.17) is 4.74 Å². The monoisotopic (exact) mass is 371 g/mol. The van der Waals surface area contributed by atoms with Gasteiger partial charge >= 0.3 is 6.03 Å². The van der Waals surface area contributed by atoms with Gasteiger partial charge in [-0.1, -0.05) is 30.3 Å². The topological polar surface area (TPSA) is 61.9 Å². The van der Waals surface area contributed by atoms with Crippen LogP contribution in [0.3, 0.4) is 0 Å². The molecular weight excluding hydrogens is 342 g/mol. The lowest BCUT2D eigenvalue weighted by molar-refractivity contribution is -0.139. The molecule has 0 unspecified atom stereocenters. The summed E-state index contributed by atoms with van der Waals surface area (Å²) < 4.78 is 5.57. The zero-order valence-electron chi connectivity index (χ0n) is 15.9. The third-order valence-electron chi connectivity index (χ3n) is 6.43. The van der Waals surface area contributed by atoms with E-state index in [9.17, 15) is 9.59 Å². The van der Waals surface area contributed by atoms with E-state index in [0.29, 0.717) is 32.8 Å². The number of rotatable bonds is 3. The van der Waals surface area contributed by atoms with Gasteiger partial charge in [-0.05, 0) is 31.2 Å². The fraction of sp³-hybridized carbons (Fsp3) is 0.619. The van der Waals surface area contributed by atoms with Crippen molar-refractivity contribution in [3.8, 4) is 0 Å². The third-order valence-corrected chi connectivity index (χ3v) is 6.43. The highest BCUT2D eigenvalue weighted by molar-refractivity contribution is 5.83. The molecule has 3 aliphatic heterocycles. The fourth-order valence-electron chi connectivity index (χ4n) is 4.79. The number of benzene rings is 1. The highest BCUT2D eigenvalue weighted by atomic mass is 16.5. The van der Waals surface area contributed by atoms with Crippen LogP contribution in [0.5, 0.6) is 0 Å². The Morgan fingerprint density at radius 3 is 2.48 bits per heavy atom. The number of carbonyl (C=O) groups is 2. The quantitative estimate of drug-likeness (QED) is 0.886. The molecule has 3 fully saturated rings. The van der Waals surface area contributed by atoms with E-state index >= 15 is 0 Å². The van der Waals surface area contributed by atoms with Gasteiger partial charge in [-0.3, -0.25) is 4.79 Å². The summed E-state index contributed by atoms with van der Waals surface area (Å²) in [4.78, 5) is 29.8. The summed E-state index contributed by atoms with van der Waals surface area (Å²) in [6, 6.07) is 9.85. The van der Waals surface area contributed by atoms with Crippen LogP contribution in [0.1, 0.15) is 31.2 Å². The minimum atomic E-state index is -0.123. The number of amides is 3. The first-order valence-electron chi connectivity index (χ1n) is 10.1. The van der Waals surface area contributed by atoms with E-state index < -0.39 is 0 Å². The van der Waals surface area contributed by atoms with Crippen LogP contribution in [0.4, 0.5) is 4.79 Å². The van der Waals surface area contributed by atoms with E-state index in [2.05, 4.69) is 5.32 Å². The minimum Gasteiger partial charge on any atom is -0.381 e. The minimum absolute atomic E-state index is 0.0681. The third kappa shape index (κ3) is 3.81. The van der Waals surface area contributed by atoms with Crippen LogP contribution in [0.2, 0.25) is 0 Å². The Morgan fingerprint density at radius 1 is 1.07 bits per heavy atom. The molecule has 3 saturated heterocycles. The van der Waals surface area contributed by atoms with Crippen LogP contribution in [-0.2, 0) is 16.1 Å². The lowest BCUT2D eigenvalue weighted by Crippen LogP contribution is -2.45. The molecule has 1 aromatic carbocycles. The lowest BCUT2D eigenvalue weighted by Gasteiger charge is -2.38. The highest BCUT2D eigenvalue weighted by Crippen LogP contribution is 2.45. The van der Waals surface area contributed by atoms with Crippen LogP contribution < -0.4 is 5.32 Å². The maximum Gasteiger partial charge on any atom is 0.317 e. The van der Waals surface area contributed by atoms with Gasteiger partial charge in [0.15, 0.2) is 0 Å². The Hall–Kier alpha value is -2.08. The Labute approximate surface area is 160 Å². The number of nitrogens with one attached hydrogen (secondary N) is 1. The van der Waals surface area contributed by atoms with Gasteiger partial charge in [0, 0.05) is 51.4 Å². The van der Waals surface area contributed by atoms with E-state index in [0.717, 1.165) is 44.3 Å². The summed E-state index contributed by atoms with van der Waals surface area (Å²) in [7, 11) is 0. The molecule has 1 atom stereocenters. The zero-order valence-corrected chi connectivity index (χ0v) is 15.9. The number of ether oxygens (including phenoxy) is 1. The summed E-state index contributed by atoms with van der Waals surface area (Å²) >= 11 is 0. The molecule has 6 heteroatoms. The Morgan fingerprint density at radius 2 is 1.78 bits per heavy atom. The van der Waals surface area contributed by atoms with Gasteiger partial charge in [0.25, 0.3) is 0 Å². The van der Waals surface area contributed by atoms with Gasteiger partial charge in [0.1, 0.15) is 0 Å². The number of nitrogens with zero attached hydrogens (tertiary/aromatic N) is 2. The van der Waals surface area contributed by atoms with Gasteiger partial charge in [-0.15, -0.1) is 0 Å². The van der Waals surface area contributed by atoms with Gasteiger partial charge < -0.3 is 19.9 Å². The SMILES string of the molecule is O=C(NCc1ccccc1)N1C[C@@H](C(=O)N2CCCC2)C2(CCOCC2)C1. The molecule has 0 radical (unpaired) electrons. The molecule has 3 aliphatic rings. The largest absolute Gasteiger partial charge is 0.381 e. The molecule has 3 amide bonds. The molecule has 6 nitrogen and oxygen atoms in total. The van der Waals surface area contributed by atoms with Crippen molar-refractivity contribution in [1.29, 1.82) is 0 Å². The first-order valence-corrected chi connectivity index (χ1v) is 10.1. The number of carbonyl (C=O) groups excluding carboxylic acids is 2. The van der Waals surface area contributed by atoms with E-state index in [-0.39, 0.29) is 23.3 Å². The fourth-order valence-corrected chi connectivity index (χ4v) is 4.79. The summed E-state index contributed by atoms with van der Waals surface area (Å²) in [5.74, 6) is 0.148. The highest BCUT2D eigenvalue weighted by Gasteiger charge is 2.52. The second-order valence-corrected chi connectivity index (χ2v) is 8.08. The summed E-state index contributed by atoms with van der Waals surface area (Å²) in [6.07, 6.45) is 3.91. The summed E-state index contributed by atoms with van der Waals surface area (Å²) in [5, 5.41) is 3.02. The van der Waals surface area contributed by atoms with E-state index in [1.807, 2.05) is 40.1 Å². The molecule has 1 N–H and O–H groups in total. The molecule has 0 saturated carbocycles. The smallest absolute Gasteiger partial charge is 0.317 e. The first kappa shape index (κ1) is 18.3. The van der Waals surface area contributed by atoms with Gasteiger partial charge in [0.2, 0.25) is 5.91 Å². The van der Waals surface area contributed by atoms with Crippen molar-refractivity contribution in [3.05, 3.63) is 35.9 Å². The molecule has 4 rings (SSSR count). The molecule has 146 valence electrons. The number of hydrogen-bond acceptors (Lipinski definition) is 3. The summed E-state index contributed by atoms with van der Waals surface area (Å²) in [5.41, 5.74) is 0.956. The van der Waals surface area contributed by atoms with E-state index in [1.54, 1.807) is 0 Å². The van der Waals surface area contributed by atoms with Gasteiger partial charge in [0.05, 0.1) is 5.92 Å². The van der Waals surface area contributed by atoms with E-state index in [1.165, 1.54) is 0 Å². The molecular formula is C21H29N3O3. The van der Waals surface area contributed by atoms with Crippen LogP contribution >= 0.6 is 0 Å². The molecule has 3 heterocycles. The van der Waals surface area contributed by atoms with Crippen molar-refractivity contribution in [2.45, 2.75) is 32.2 Å². The van der Waals surface area contributed by atoms with Gasteiger partial charge in [-0.25, -0.2) is 4.79 Å². The second kappa shape index (κ2) is 7.89. The zero-order chi connectivity index (χ0) is 18.7. The van der Waals surface area contributed by atoms with Crippen LogP contribution in [0.25, 0.3) is 0 Å². The van der Waals surface area contributed by atoms with Crippen molar-refractivity contribution in [2.75, 3.05) is 39.4 Å². The Bertz CT molecular complexity index is 667. The summed E-state index contributed by atoms with van der Waals surface area (Å²) in [6.45, 7) is 4.78. The standard InChI is InChI=1S/C21H29N3O3/c25-19(23-10-4-5-11-23)18-15-24(16-21(18)8-12-27-13-9-21)20(26)22-14-17-6-2-1-3-7-17/h1-3,6-7,18H,4-5,8-16H2,(H,22,26)/t18-/m0/s1. The van der Waals surface area contributed by atoms with Crippen molar-refractivity contribution in [3.63, 3.8) is 0 Å². The van der Waals surface area contributed by atoms with Crippen LogP contribution in [-0.4, -0.2) is 61.1 Å². The van der Waals surface area contributed by atoms with Crippen LogP contribution in [0, 0.1) is 11.3 Å². The predicted octanol–water partition coefficient (Wildman–Crippen LogP) is 2.25. The lowest BCUT2D eigenvalue weighted by atomic mass is 9.71. The second-order valence-electron chi connectivity index (χ2n) is 8.08. The molecule has 1 spiro atoms. The number of urea groups is 1. The molecule has 0 bridgehead atoms. The molecule has 1 aromatic rings. The van der Waals surface area contributed by atoms with Crippen molar-refractivity contribution < 1.29 is 14.3 Å². The molecule has 0 aromatic heterocycles. The maximum absolute atomic E-state index is 13.2. The average Bonchev–Trinajstić information content (AvgIpc) is 3.36. The Kier molecular flexibility index (Phi) is 5.34. The number of hydrogen-bond donors (Lipinski definition) is 1. The molecule has 27 heavy (non-hydrogen) atoms. The van der Waals surface area contributed by atoms with Gasteiger partial charge in [-0.2, -0.15) is 0 Å². The maximum atomic E-state index is 13.2.